The van der Waals surface area contributed by atoms with Gasteiger partial charge in [0.1, 0.15) is 0 Å². The quantitative estimate of drug-likeness (QED) is 0.654. The van der Waals surface area contributed by atoms with Crippen LogP contribution in [0.2, 0.25) is 0 Å². The van der Waals surface area contributed by atoms with Gasteiger partial charge in [0.2, 0.25) is 5.24 Å². The van der Waals surface area contributed by atoms with Crippen molar-refractivity contribution in [2.24, 2.45) is 0 Å². The molecule has 1 nitrogen and oxygen atoms in total. The molecule has 1 aromatic rings. The summed E-state index contributed by atoms with van der Waals surface area (Å²) in [6.45, 7) is 0. The van der Waals surface area contributed by atoms with Crippen LogP contribution in [0.1, 0.15) is 5.56 Å². The minimum atomic E-state index is -1.01. The predicted octanol–water partition coefficient (Wildman–Crippen LogP) is 2.27. The van der Waals surface area contributed by atoms with Gasteiger partial charge in [-0.25, -0.2) is 8.78 Å². The fourth-order valence-electron chi connectivity index (χ4n) is 0.835. The van der Waals surface area contributed by atoms with Crippen molar-refractivity contribution in [2.75, 3.05) is 0 Å². The van der Waals surface area contributed by atoms with Gasteiger partial charge in [0.05, 0.1) is 0 Å². The fourth-order valence-corrected chi connectivity index (χ4v) is 0.979. The summed E-state index contributed by atoms with van der Waals surface area (Å²) >= 11 is 5.01. The maximum atomic E-state index is 12.8. The molecule has 12 heavy (non-hydrogen) atoms. The molecule has 0 aliphatic heterocycles. The first-order chi connectivity index (χ1) is 5.61. The highest BCUT2D eigenvalue weighted by Crippen LogP contribution is 2.12. The molecule has 0 atom stereocenters. The summed E-state index contributed by atoms with van der Waals surface area (Å²) in [6.07, 6.45) is -0.287. The SMILES string of the molecule is O=C(Cl)Cc1cccc(F)c1F. The molecule has 0 aliphatic rings. The zero-order chi connectivity index (χ0) is 9.14. The lowest BCUT2D eigenvalue weighted by atomic mass is 10.1. The van der Waals surface area contributed by atoms with Gasteiger partial charge in [-0.2, -0.15) is 0 Å². The second-order valence-corrected chi connectivity index (χ2v) is 2.67. The van der Waals surface area contributed by atoms with E-state index in [9.17, 15) is 13.6 Å². The van der Waals surface area contributed by atoms with E-state index in [0.717, 1.165) is 6.07 Å². The first-order valence-electron chi connectivity index (χ1n) is 3.22. The van der Waals surface area contributed by atoms with Crippen LogP contribution in [0.25, 0.3) is 0 Å². The summed E-state index contributed by atoms with van der Waals surface area (Å²) in [5.41, 5.74) is -0.0185. The largest absolute Gasteiger partial charge is 0.281 e. The minimum Gasteiger partial charge on any atom is -0.281 e. The molecule has 0 bridgehead atoms. The first-order valence-corrected chi connectivity index (χ1v) is 3.60. The Morgan fingerprint density at radius 2 is 2.08 bits per heavy atom. The predicted molar refractivity (Wildman–Crippen MR) is 40.9 cm³/mol. The molecular formula is C8H5ClF2O. The maximum Gasteiger partial charge on any atom is 0.226 e. The first kappa shape index (κ1) is 9.13. The monoisotopic (exact) mass is 190 g/mol. The van der Waals surface area contributed by atoms with Crippen molar-refractivity contribution < 1.29 is 13.6 Å². The number of hydrogen-bond donors (Lipinski definition) is 0. The van der Waals surface area contributed by atoms with E-state index in [-0.39, 0.29) is 12.0 Å². The van der Waals surface area contributed by atoms with Gasteiger partial charge in [0, 0.05) is 6.42 Å². The number of halogens is 3. The summed E-state index contributed by atoms with van der Waals surface area (Å²) in [5.74, 6) is -1.98. The summed E-state index contributed by atoms with van der Waals surface area (Å²) in [5, 5.41) is -0.709. The molecule has 0 saturated heterocycles. The van der Waals surface area contributed by atoms with E-state index in [1.54, 1.807) is 0 Å². The molecule has 1 rings (SSSR count). The van der Waals surface area contributed by atoms with Gasteiger partial charge in [0.15, 0.2) is 11.6 Å². The Bertz CT molecular complexity index is 312. The maximum absolute atomic E-state index is 12.8. The Morgan fingerprint density at radius 3 is 2.67 bits per heavy atom. The van der Waals surface area contributed by atoms with E-state index in [0.29, 0.717) is 0 Å². The number of carbonyl (C=O) groups excluding carboxylic acids is 1. The summed E-state index contributed by atoms with van der Waals surface area (Å²) < 4.78 is 25.3. The molecule has 4 heteroatoms. The highest BCUT2D eigenvalue weighted by molar-refractivity contribution is 6.63. The van der Waals surface area contributed by atoms with E-state index in [1.165, 1.54) is 12.1 Å². The van der Waals surface area contributed by atoms with E-state index in [1.807, 2.05) is 0 Å². The lowest BCUT2D eigenvalue weighted by Gasteiger charge is -1.98. The molecule has 0 unspecified atom stereocenters. The van der Waals surface area contributed by atoms with Crippen LogP contribution < -0.4 is 0 Å². The molecule has 1 aromatic carbocycles. The van der Waals surface area contributed by atoms with Crippen LogP contribution in [0.3, 0.4) is 0 Å². The molecular weight excluding hydrogens is 186 g/mol. The van der Waals surface area contributed by atoms with Crippen molar-refractivity contribution in [3.63, 3.8) is 0 Å². The normalized spacial score (nSPS) is 9.92. The Morgan fingerprint density at radius 1 is 1.42 bits per heavy atom. The third kappa shape index (κ3) is 2.01. The molecule has 64 valence electrons. The fraction of sp³-hybridized carbons (Fsp3) is 0.125. The second-order valence-electron chi connectivity index (χ2n) is 2.24. The lowest BCUT2D eigenvalue weighted by Crippen LogP contribution is -1.98. The molecule has 0 amide bonds. The molecule has 0 heterocycles. The number of carbonyl (C=O) groups is 1. The number of benzene rings is 1. The third-order valence-electron chi connectivity index (χ3n) is 1.36. The van der Waals surface area contributed by atoms with Crippen LogP contribution in [0, 0.1) is 11.6 Å². The molecule has 0 fully saturated rings. The van der Waals surface area contributed by atoms with Crippen LogP contribution in [0.15, 0.2) is 18.2 Å². The van der Waals surface area contributed by atoms with Crippen LogP contribution >= 0.6 is 11.6 Å². The molecule has 0 radical (unpaired) electrons. The summed E-state index contributed by atoms with van der Waals surface area (Å²) in [7, 11) is 0. The Balaban J connectivity index is 3.00. The van der Waals surface area contributed by atoms with E-state index in [4.69, 9.17) is 11.6 Å². The van der Waals surface area contributed by atoms with Gasteiger partial charge in [-0.15, -0.1) is 0 Å². The van der Waals surface area contributed by atoms with Crippen molar-refractivity contribution in [1.82, 2.24) is 0 Å². The lowest BCUT2D eigenvalue weighted by molar-refractivity contribution is -0.111. The molecule has 0 spiro atoms. The van der Waals surface area contributed by atoms with Crippen LogP contribution in [-0.2, 0) is 11.2 Å². The minimum absolute atomic E-state index is 0.0185. The second kappa shape index (κ2) is 3.63. The zero-order valence-electron chi connectivity index (χ0n) is 5.98. The van der Waals surface area contributed by atoms with Gasteiger partial charge >= 0.3 is 0 Å². The molecule has 0 N–H and O–H groups in total. The van der Waals surface area contributed by atoms with E-state index in [2.05, 4.69) is 0 Å². The number of rotatable bonds is 2. The Kier molecular flexibility index (Phi) is 2.76. The zero-order valence-corrected chi connectivity index (χ0v) is 6.74. The van der Waals surface area contributed by atoms with Gasteiger partial charge in [0.25, 0.3) is 0 Å². The smallest absolute Gasteiger partial charge is 0.226 e. The highest BCUT2D eigenvalue weighted by Gasteiger charge is 2.09. The van der Waals surface area contributed by atoms with Gasteiger partial charge in [-0.3, -0.25) is 4.79 Å². The molecule has 0 aliphatic carbocycles. The van der Waals surface area contributed by atoms with E-state index >= 15 is 0 Å². The topological polar surface area (TPSA) is 17.1 Å². The van der Waals surface area contributed by atoms with Crippen LogP contribution in [-0.4, -0.2) is 5.24 Å². The van der Waals surface area contributed by atoms with Crippen molar-refractivity contribution in [3.05, 3.63) is 35.4 Å². The Hall–Kier alpha value is -0.960. The standard InChI is InChI=1S/C8H5ClF2O/c9-7(12)4-5-2-1-3-6(10)8(5)11/h1-3H,4H2. The highest BCUT2D eigenvalue weighted by atomic mass is 35.5. The van der Waals surface area contributed by atoms with Crippen LogP contribution in [0.4, 0.5) is 8.78 Å². The Labute approximate surface area is 73.0 Å². The average molecular weight is 191 g/mol. The summed E-state index contributed by atoms with van der Waals surface area (Å²) in [6, 6.07) is 3.63. The van der Waals surface area contributed by atoms with Crippen molar-refractivity contribution >= 4 is 16.8 Å². The van der Waals surface area contributed by atoms with Gasteiger partial charge < -0.3 is 0 Å². The third-order valence-corrected chi connectivity index (χ3v) is 1.49. The average Bonchev–Trinajstić information content (AvgIpc) is 1.98. The molecule has 0 saturated carbocycles. The van der Waals surface area contributed by atoms with Crippen molar-refractivity contribution in [3.8, 4) is 0 Å². The van der Waals surface area contributed by atoms with Crippen molar-refractivity contribution in [1.29, 1.82) is 0 Å². The number of hydrogen-bond acceptors (Lipinski definition) is 1. The summed E-state index contributed by atoms with van der Waals surface area (Å²) in [4.78, 5) is 10.4. The van der Waals surface area contributed by atoms with Crippen molar-refractivity contribution in [2.45, 2.75) is 6.42 Å². The van der Waals surface area contributed by atoms with Gasteiger partial charge in [-0.1, -0.05) is 12.1 Å². The molecule has 0 aromatic heterocycles. The van der Waals surface area contributed by atoms with E-state index < -0.39 is 16.9 Å². The van der Waals surface area contributed by atoms with Crippen LogP contribution in [0.5, 0.6) is 0 Å². The van der Waals surface area contributed by atoms with Gasteiger partial charge in [-0.05, 0) is 23.2 Å².